The first-order valence-corrected chi connectivity index (χ1v) is 9.50. The third-order valence-corrected chi connectivity index (χ3v) is 4.90. The fourth-order valence-corrected chi connectivity index (χ4v) is 3.15. The minimum Gasteiger partial charge on any atom is -0.454 e. The standard InChI is InChI=1S/C20H29N3O4/c1-20(2,3)19(25)22-15-6-8-23(9-7-15)12-18(24)21-11-14-4-5-16-17(10-14)27-13-26-16/h4-5,10,15H,6-9,11-13H2,1-3H3,(H,21,24)(H,22,25). The summed E-state index contributed by atoms with van der Waals surface area (Å²) in [6.07, 6.45) is 1.74. The number of fused-ring (bicyclic) bond motifs is 1. The maximum Gasteiger partial charge on any atom is 0.234 e. The normalized spacial score (nSPS) is 17.6. The monoisotopic (exact) mass is 375 g/mol. The van der Waals surface area contributed by atoms with Crippen molar-refractivity contribution in [1.29, 1.82) is 0 Å². The van der Waals surface area contributed by atoms with E-state index in [1.165, 1.54) is 0 Å². The zero-order valence-electron chi connectivity index (χ0n) is 16.3. The van der Waals surface area contributed by atoms with Crippen LogP contribution in [0.5, 0.6) is 11.5 Å². The smallest absolute Gasteiger partial charge is 0.234 e. The molecule has 0 spiro atoms. The molecule has 3 rings (SSSR count). The van der Waals surface area contributed by atoms with Crippen molar-refractivity contribution in [2.75, 3.05) is 26.4 Å². The van der Waals surface area contributed by atoms with Crippen LogP contribution in [0, 0.1) is 5.41 Å². The fraction of sp³-hybridized carbons (Fsp3) is 0.600. The second-order valence-electron chi connectivity index (χ2n) is 8.24. The van der Waals surface area contributed by atoms with Gasteiger partial charge >= 0.3 is 0 Å². The summed E-state index contributed by atoms with van der Waals surface area (Å²) in [6.45, 7) is 8.47. The zero-order valence-corrected chi connectivity index (χ0v) is 16.3. The molecule has 2 aliphatic rings. The van der Waals surface area contributed by atoms with Gasteiger partial charge in [-0.25, -0.2) is 0 Å². The Morgan fingerprint density at radius 2 is 1.85 bits per heavy atom. The molecule has 1 fully saturated rings. The molecule has 1 saturated heterocycles. The summed E-state index contributed by atoms with van der Waals surface area (Å²) in [5, 5.41) is 6.07. The summed E-state index contributed by atoms with van der Waals surface area (Å²) >= 11 is 0. The topological polar surface area (TPSA) is 79.9 Å². The lowest BCUT2D eigenvalue weighted by Crippen LogP contribution is -2.49. The zero-order chi connectivity index (χ0) is 19.4. The molecule has 27 heavy (non-hydrogen) atoms. The molecule has 0 aliphatic carbocycles. The molecule has 0 aromatic heterocycles. The highest BCUT2D eigenvalue weighted by atomic mass is 16.7. The summed E-state index contributed by atoms with van der Waals surface area (Å²) in [5.74, 6) is 1.56. The molecule has 7 nitrogen and oxygen atoms in total. The lowest BCUT2D eigenvalue weighted by atomic mass is 9.94. The van der Waals surface area contributed by atoms with Crippen LogP contribution >= 0.6 is 0 Å². The van der Waals surface area contributed by atoms with Crippen molar-refractivity contribution < 1.29 is 19.1 Å². The molecule has 2 N–H and O–H groups in total. The first-order chi connectivity index (χ1) is 12.8. The van der Waals surface area contributed by atoms with Crippen LogP contribution in [0.15, 0.2) is 18.2 Å². The number of hydrogen-bond acceptors (Lipinski definition) is 5. The first kappa shape index (κ1) is 19.5. The highest BCUT2D eigenvalue weighted by Crippen LogP contribution is 2.32. The van der Waals surface area contributed by atoms with Crippen LogP contribution in [0.1, 0.15) is 39.2 Å². The molecule has 0 unspecified atom stereocenters. The maximum atomic E-state index is 12.2. The Labute approximate surface area is 160 Å². The van der Waals surface area contributed by atoms with Crippen molar-refractivity contribution in [3.8, 4) is 11.5 Å². The number of carbonyl (C=O) groups excluding carboxylic acids is 2. The molecule has 0 atom stereocenters. The Bertz CT molecular complexity index is 691. The second kappa shape index (κ2) is 8.17. The third kappa shape index (κ3) is 5.35. The van der Waals surface area contributed by atoms with Crippen LogP contribution in [-0.2, 0) is 16.1 Å². The van der Waals surface area contributed by atoms with Gasteiger partial charge in [0.15, 0.2) is 11.5 Å². The van der Waals surface area contributed by atoms with E-state index in [1.54, 1.807) is 0 Å². The number of nitrogens with one attached hydrogen (secondary N) is 2. The lowest BCUT2D eigenvalue weighted by Gasteiger charge is -2.33. The van der Waals surface area contributed by atoms with Crippen LogP contribution in [0.2, 0.25) is 0 Å². The average molecular weight is 375 g/mol. The van der Waals surface area contributed by atoms with E-state index in [0.717, 1.165) is 43.0 Å². The van der Waals surface area contributed by atoms with Gasteiger partial charge in [0.2, 0.25) is 18.6 Å². The number of carbonyl (C=O) groups is 2. The predicted molar refractivity (Wildman–Crippen MR) is 101 cm³/mol. The molecule has 7 heteroatoms. The number of piperidine rings is 1. The number of nitrogens with zero attached hydrogens (tertiary/aromatic N) is 1. The van der Waals surface area contributed by atoms with Gasteiger partial charge in [-0.05, 0) is 30.5 Å². The Balaban J connectivity index is 1.37. The molecule has 1 aromatic carbocycles. The van der Waals surface area contributed by atoms with Crippen molar-refractivity contribution in [3.05, 3.63) is 23.8 Å². The summed E-state index contributed by atoms with van der Waals surface area (Å²) in [4.78, 5) is 26.4. The van der Waals surface area contributed by atoms with E-state index >= 15 is 0 Å². The van der Waals surface area contributed by atoms with Gasteiger partial charge in [-0.15, -0.1) is 0 Å². The van der Waals surface area contributed by atoms with Gasteiger partial charge in [0.1, 0.15) is 0 Å². The van der Waals surface area contributed by atoms with E-state index in [-0.39, 0.29) is 30.1 Å². The van der Waals surface area contributed by atoms with E-state index in [9.17, 15) is 9.59 Å². The number of likely N-dealkylation sites (tertiary alicyclic amines) is 1. The second-order valence-corrected chi connectivity index (χ2v) is 8.24. The van der Waals surface area contributed by atoms with E-state index in [1.807, 2.05) is 39.0 Å². The van der Waals surface area contributed by atoms with Crippen molar-refractivity contribution in [3.63, 3.8) is 0 Å². The minimum absolute atomic E-state index is 0.00449. The Hall–Kier alpha value is -2.28. The third-order valence-electron chi connectivity index (χ3n) is 4.90. The first-order valence-electron chi connectivity index (χ1n) is 9.50. The molecule has 2 aliphatic heterocycles. The van der Waals surface area contributed by atoms with Crippen molar-refractivity contribution in [2.45, 2.75) is 46.2 Å². The largest absolute Gasteiger partial charge is 0.454 e. The van der Waals surface area contributed by atoms with Crippen LogP contribution in [-0.4, -0.2) is 49.2 Å². The van der Waals surface area contributed by atoms with Crippen molar-refractivity contribution in [1.82, 2.24) is 15.5 Å². The van der Waals surface area contributed by atoms with Gasteiger partial charge < -0.3 is 20.1 Å². The molecule has 2 amide bonds. The Morgan fingerprint density at radius 1 is 1.15 bits per heavy atom. The highest BCUT2D eigenvalue weighted by molar-refractivity contribution is 5.81. The molecule has 0 bridgehead atoms. The Morgan fingerprint density at radius 3 is 2.56 bits per heavy atom. The molecule has 1 aromatic rings. The van der Waals surface area contributed by atoms with Gasteiger partial charge in [0.25, 0.3) is 0 Å². The number of hydrogen-bond donors (Lipinski definition) is 2. The number of benzene rings is 1. The van der Waals surface area contributed by atoms with E-state index in [0.29, 0.717) is 13.1 Å². The van der Waals surface area contributed by atoms with E-state index in [2.05, 4.69) is 15.5 Å². The van der Waals surface area contributed by atoms with Gasteiger partial charge in [0, 0.05) is 31.1 Å². The number of rotatable bonds is 5. The highest BCUT2D eigenvalue weighted by Gasteiger charge is 2.27. The molecule has 0 radical (unpaired) electrons. The summed E-state index contributed by atoms with van der Waals surface area (Å²) in [7, 11) is 0. The van der Waals surface area contributed by atoms with Crippen molar-refractivity contribution in [2.24, 2.45) is 5.41 Å². The van der Waals surface area contributed by atoms with Crippen LogP contribution in [0.3, 0.4) is 0 Å². The maximum absolute atomic E-state index is 12.2. The quantitative estimate of drug-likeness (QED) is 0.818. The van der Waals surface area contributed by atoms with Crippen LogP contribution < -0.4 is 20.1 Å². The molecule has 148 valence electrons. The number of amides is 2. The fourth-order valence-electron chi connectivity index (χ4n) is 3.15. The minimum atomic E-state index is -0.369. The predicted octanol–water partition coefficient (Wildman–Crippen LogP) is 1.66. The van der Waals surface area contributed by atoms with Gasteiger partial charge in [-0.3, -0.25) is 14.5 Å². The average Bonchev–Trinajstić information content (AvgIpc) is 3.08. The molecule has 0 saturated carbocycles. The Kier molecular flexibility index (Phi) is 5.89. The summed E-state index contributed by atoms with van der Waals surface area (Å²) in [6, 6.07) is 5.88. The molecular weight excluding hydrogens is 346 g/mol. The molecule has 2 heterocycles. The SMILES string of the molecule is CC(C)(C)C(=O)NC1CCN(CC(=O)NCc2ccc3c(c2)OCO3)CC1. The van der Waals surface area contributed by atoms with Crippen LogP contribution in [0.4, 0.5) is 0 Å². The van der Waals surface area contributed by atoms with Crippen LogP contribution in [0.25, 0.3) is 0 Å². The van der Waals surface area contributed by atoms with Gasteiger partial charge in [0.05, 0.1) is 6.54 Å². The van der Waals surface area contributed by atoms with E-state index < -0.39 is 0 Å². The lowest BCUT2D eigenvalue weighted by molar-refractivity contribution is -0.130. The molecular formula is C20H29N3O4. The summed E-state index contributed by atoms with van der Waals surface area (Å²) < 4.78 is 10.6. The number of ether oxygens (including phenoxy) is 2. The van der Waals surface area contributed by atoms with E-state index in [4.69, 9.17) is 9.47 Å². The van der Waals surface area contributed by atoms with Gasteiger partial charge in [-0.2, -0.15) is 0 Å². The van der Waals surface area contributed by atoms with Crippen molar-refractivity contribution >= 4 is 11.8 Å². The van der Waals surface area contributed by atoms with Gasteiger partial charge in [-0.1, -0.05) is 26.8 Å². The summed E-state index contributed by atoms with van der Waals surface area (Å²) in [5.41, 5.74) is 0.613.